The summed E-state index contributed by atoms with van der Waals surface area (Å²) < 4.78 is 5.58. The van der Waals surface area contributed by atoms with Crippen molar-refractivity contribution in [3.05, 3.63) is 29.6 Å². The van der Waals surface area contributed by atoms with E-state index in [-0.39, 0.29) is 28.7 Å². The third-order valence-electron chi connectivity index (χ3n) is 5.24. The Morgan fingerprint density at radius 2 is 2.05 bits per heavy atom. The van der Waals surface area contributed by atoms with Crippen molar-refractivity contribution >= 4 is 11.9 Å². The van der Waals surface area contributed by atoms with Crippen LogP contribution in [0.15, 0.2) is 18.3 Å². The molecule has 0 bridgehead atoms. The maximum Gasteiger partial charge on any atom is 0.354 e. The molecular weight excluding hydrogens is 284 g/mol. The summed E-state index contributed by atoms with van der Waals surface area (Å²) in [6, 6.07) is 2.88. The second-order valence-corrected chi connectivity index (χ2v) is 6.53. The molecule has 22 heavy (non-hydrogen) atoms. The SMILES string of the molecule is COC1(C)CC(N(C)C(=O)c2ccnc(C(=O)O)c2)C1(C)C. The molecule has 1 aromatic heterocycles. The van der Waals surface area contributed by atoms with Gasteiger partial charge < -0.3 is 14.7 Å². The first-order valence-electron chi connectivity index (χ1n) is 7.15. The number of pyridine rings is 1. The molecule has 1 aromatic rings. The lowest BCUT2D eigenvalue weighted by Crippen LogP contribution is -2.68. The van der Waals surface area contributed by atoms with Crippen molar-refractivity contribution in [2.75, 3.05) is 14.2 Å². The number of carboxylic acids is 1. The van der Waals surface area contributed by atoms with E-state index in [1.807, 2.05) is 6.92 Å². The fourth-order valence-corrected chi connectivity index (χ4v) is 3.10. The summed E-state index contributed by atoms with van der Waals surface area (Å²) in [5.41, 5.74) is -0.253. The van der Waals surface area contributed by atoms with Gasteiger partial charge in [-0.25, -0.2) is 9.78 Å². The maximum atomic E-state index is 12.6. The minimum atomic E-state index is -1.15. The molecule has 1 amide bonds. The van der Waals surface area contributed by atoms with Gasteiger partial charge in [0.1, 0.15) is 5.69 Å². The van der Waals surface area contributed by atoms with Crippen molar-refractivity contribution in [3.8, 4) is 0 Å². The van der Waals surface area contributed by atoms with Gasteiger partial charge in [-0.15, -0.1) is 0 Å². The van der Waals surface area contributed by atoms with Crippen molar-refractivity contribution in [3.63, 3.8) is 0 Å². The largest absolute Gasteiger partial charge is 0.477 e. The summed E-state index contributed by atoms with van der Waals surface area (Å²) in [6.07, 6.45) is 2.09. The minimum absolute atomic E-state index is 0.0337. The first kappa shape index (κ1) is 16.4. The molecule has 0 spiro atoms. The average molecular weight is 306 g/mol. The molecular formula is C16H22N2O4. The first-order chi connectivity index (χ1) is 10.1. The van der Waals surface area contributed by atoms with Gasteiger partial charge in [-0.1, -0.05) is 13.8 Å². The Morgan fingerprint density at radius 1 is 1.41 bits per heavy atom. The van der Waals surface area contributed by atoms with Crippen LogP contribution in [0.2, 0.25) is 0 Å². The van der Waals surface area contributed by atoms with Crippen LogP contribution in [-0.4, -0.2) is 52.7 Å². The number of rotatable bonds is 4. The minimum Gasteiger partial charge on any atom is -0.477 e. The van der Waals surface area contributed by atoms with Gasteiger partial charge in [-0.05, 0) is 25.5 Å². The number of methoxy groups -OCH3 is 1. The summed E-state index contributed by atoms with van der Waals surface area (Å²) in [5, 5.41) is 8.98. The molecule has 0 radical (unpaired) electrons. The Labute approximate surface area is 130 Å². The number of ether oxygens (including phenoxy) is 1. The number of aromatic nitrogens is 1. The highest BCUT2D eigenvalue weighted by atomic mass is 16.5. The molecule has 2 rings (SSSR count). The molecule has 120 valence electrons. The summed E-state index contributed by atoms with van der Waals surface area (Å²) in [6.45, 7) is 6.18. The number of aromatic carboxylic acids is 1. The molecule has 0 aliphatic heterocycles. The Morgan fingerprint density at radius 3 is 2.55 bits per heavy atom. The van der Waals surface area contributed by atoms with E-state index in [0.29, 0.717) is 5.56 Å². The summed E-state index contributed by atoms with van der Waals surface area (Å²) in [5.74, 6) is -1.35. The lowest BCUT2D eigenvalue weighted by Gasteiger charge is -2.61. The lowest BCUT2D eigenvalue weighted by atomic mass is 9.55. The molecule has 1 heterocycles. The smallest absolute Gasteiger partial charge is 0.354 e. The Balaban J connectivity index is 2.21. The highest BCUT2D eigenvalue weighted by molar-refractivity contribution is 5.96. The van der Waals surface area contributed by atoms with Gasteiger partial charge >= 0.3 is 5.97 Å². The maximum absolute atomic E-state index is 12.6. The van der Waals surface area contributed by atoms with E-state index in [4.69, 9.17) is 9.84 Å². The number of carbonyl (C=O) groups excluding carboxylic acids is 1. The lowest BCUT2D eigenvalue weighted by molar-refractivity contribution is -0.198. The zero-order chi connectivity index (χ0) is 16.7. The molecule has 1 saturated carbocycles. The second kappa shape index (κ2) is 5.35. The molecule has 0 aromatic carbocycles. The molecule has 2 atom stereocenters. The van der Waals surface area contributed by atoms with Gasteiger partial charge in [0, 0.05) is 37.4 Å². The van der Waals surface area contributed by atoms with Gasteiger partial charge in [0.2, 0.25) is 0 Å². The zero-order valence-electron chi connectivity index (χ0n) is 13.6. The zero-order valence-corrected chi connectivity index (χ0v) is 13.6. The van der Waals surface area contributed by atoms with Crippen LogP contribution in [0, 0.1) is 5.41 Å². The highest BCUT2D eigenvalue weighted by Gasteiger charge is 2.59. The van der Waals surface area contributed by atoms with Gasteiger partial charge in [0.25, 0.3) is 5.91 Å². The van der Waals surface area contributed by atoms with Crippen LogP contribution in [0.1, 0.15) is 48.0 Å². The van der Waals surface area contributed by atoms with Crippen molar-refractivity contribution in [2.45, 2.75) is 38.8 Å². The fourth-order valence-electron chi connectivity index (χ4n) is 3.10. The number of carboxylic acid groups (broad SMARTS) is 1. The van der Waals surface area contributed by atoms with E-state index in [1.165, 1.54) is 18.3 Å². The van der Waals surface area contributed by atoms with E-state index >= 15 is 0 Å². The highest BCUT2D eigenvalue weighted by Crippen LogP contribution is 2.53. The van der Waals surface area contributed by atoms with Gasteiger partial charge in [-0.3, -0.25) is 4.79 Å². The van der Waals surface area contributed by atoms with Crippen molar-refractivity contribution in [1.82, 2.24) is 9.88 Å². The van der Waals surface area contributed by atoms with Gasteiger partial charge in [0.15, 0.2) is 0 Å². The molecule has 1 N–H and O–H groups in total. The van der Waals surface area contributed by atoms with Crippen LogP contribution in [0.5, 0.6) is 0 Å². The van der Waals surface area contributed by atoms with Crippen LogP contribution in [0.3, 0.4) is 0 Å². The number of carbonyl (C=O) groups is 2. The Kier molecular flexibility index (Phi) is 4.00. The van der Waals surface area contributed by atoms with Gasteiger partial charge in [-0.2, -0.15) is 0 Å². The standard InChI is InChI=1S/C16H22N2O4/c1-15(2)12(9-16(15,3)22-5)18(4)13(19)10-6-7-17-11(8-10)14(20)21/h6-8,12H,9H2,1-5H3,(H,20,21). The van der Waals surface area contributed by atoms with Crippen LogP contribution < -0.4 is 0 Å². The van der Waals surface area contributed by atoms with Crippen molar-refractivity contribution in [1.29, 1.82) is 0 Å². The van der Waals surface area contributed by atoms with E-state index in [0.717, 1.165) is 6.42 Å². The number of amides is 1. The molecule has 1 aliphatic rings. The molecule has 6 heteroatoms. The number of hydrogen-bond acceptors (Lipinski definition) is 4. The molecule has 1 fully saturated rings. The number of nitrogens with zero attached hydrogens (tertiary/aromatic N) is 2. The third-order valence-corrected chi connectivity index (χ3v) is 5.24. The molecule has 1 aliphatic carbocycles. The predicted molar refractivity (Wildman–Crippen MR) is 80.9 cm³/mol. The quantitative estimate of drug-likeness (QED) is 0.921. The normalized spacial score (nSPS) is 26.1. The van der Waals surface area contributed by atoms with E-state index < -0.39 is 5.97 Å². The summed E-state index contributed by atoms with van der Waals surface area (Å²) in [4.78, 5) is 29.0. The van der Waals surface area contributed by atoms with E-state index in [2.05, 4.69) is 18.8 Å². The molecule has 0 saturated heterocycles. The monoisotopic (exact) mass is 306 g/mol. The predicted octanol–water partition coefficient (Wildman–Crippen LogP) is 2.06. The van der Waals surface area contributed by atoms with Crippen LogP contribution in [0.4, 0.5) is 0 Å². The van der Waals surface area contributed by atoms with E-state index in [9.17, 15) is 9.59 Å². The molecule has 6 nitrogen and oxygen atoms in total. The number of hydrogen-bond donors (Lipinski definition) is 1. The average Bonchev–Trinajstić information content (AvgIpc) is 2.50. The Hall–Kier alpha value is -1.95. The fraction of sp³-hybridized carbons (Fsp3) is 0.562. The summed E-state index contributed by atoms with van der Waals surface area (Å²) >= 11 is 0. The van der Waals surface area contributed by atoms with Gasteiger partial charge in [0.05, 0.1) is 5.60 Å². The van der Waals surface area contributed by atoms with Crippen LogP contribution in [-0.2, 0) is 4.74 Å². The van der Waals surface area contributed by atoms with Crippen molar-refractivity contribution in [2.24, 2.45) is 5.41 Å². The van der Waals surface area contributed by atoms with E-state index in [1.54, 1.807) is 19.1 Å². The molecule has 2 unspecified atom stereocenters. The van der Waals surface area contributed by atoms with Crippen molar-refractivity contribution < 1.29 is 19.4 Å². The Bertz CT molecular complexity index is 614. The summed E-state index contributed by atoms with van der Waals surface area (Å²) in [7, 11) is 3.42. The van der Waals surface area contributed by atoms with Crippen LogP contribution >= 0.6 is 0 Å². The second-order valence-electron chi connectivity index (χ2n) is 6.53. The topological polar surface area (TPSA) is 79.7 Å². The first-order valence-corrected chi connectivity index (χ1v) is 7.15. The van der Waals surface area contributed by atoms with Crippen LogP contribution in [0.25, 0.3) is 0 Å². The third kappa shape index (κ3) is 2.37.